The number of piperidine rings is 1. The van der Waals surface area contributed by atoms with Crippen LogP contribution in [-0.2, 0) is 16.5 Å². The smallest absolute Gasteiger partial charge is 0.416 e. The van der Waals surface area contributed by atoms with Crippen LogP contribution in [0.15, 0.2) is 18.2 Å². The maximum Gasteiger partial charge on any atom is 0.416 e. The number of amides is 1. The summed E-state index contributed by atoms with van der Waals surface area (Å²) in [5, 5.41) is 11.0. The number of rotatable bonds is 1. The Morgan fingerprint density at radius 1 is 1.19 bits per heavy atom. The largest absolute Gasteiger partial charge is 0.444 e. The molecule has 0 saturated carbocycles. The number of alkyl halides is 3. The third kappa shape index (κ3) is 3.90. The van der Waals surface area contributed by atoms with Crippen LogP contribution in [0.4, 0.5) is 22.4 Å². The normalized spacial score (nSPS) is 28.4. The van der Waals surface area contributed by atoms with Crippen LogP contribution in [0.5, 0.6) is 0 Å². The number of carbonyl (C=O) groups is 1. The van der Waals surface area contributed by atoms with Gasteiger partial charge in [-0.2, -0.15) is 13.2 Å². The standard InChI is InChI=1S/C19H23F4NO3/c1-17(2,3)27-16(25)24-12-5-6-13(24)10-18(26,9-12)14-8-11(19(21,22)23)4-7-15(14)20/h4,7-8,12-13,26H,5-6,9-10H2,1-3H3. The molecule has 0 radical (unpaired) electrons. The van der Waals surface area contributed by atoms with Gasteiger partial charge in [0.1, 0.15) is 11.4 Å². The van der Waals surface area contributed by atoms with Gasteiger partial charge in [0.2, 0.25) is 0 Å². The number of nitrogens with zero attached hydrogens (tertiary/aromatic N) is 1. The van der Waals surface area contributed by atoms with Gasteiger partial charge >= 0.3 is 12.3 Å². The van der Waals surface area contributed by atoms with E-state index in [2.05, 4.69) is 0 Å². The first-order valence-corrected chi connectivity index (χ1v) is 8.91. The molecule has 150 valence electrons. The Bertz CT molecular complexity index is 727. The molecule has 2 aliphatic rings. The fourth-order valence-electron chi connectivity index (χ4n) is 4.12. The number of hydrogen-bond donors (Lipinski definition) is 1. The number of hydrogen-bond acceptors (Lipinski definition) is 3. The van der Waals surface area contributed by atoms with E-state index in [1.807, 2.05) is 0 Å². The average molecular weight is 389 g/mol. The Morgan fingerprint density at radius 2 is 1.74 bits per heavy atom. The highest BCUT2D eigenvalue weighted by Crippen LogP contribution is 2.47. The predicted molar refractivity (Wildman–Crippen MR) is 89.4 cm³/mol. The molecule has 4 nitrogen and oxygen atoms in total. The summed E-state index contributed by atoms with van der Waals surface area (Å²) >= 11 is 0. The third-order valence-electron chi connectivity index (χ3n) is 5.17. The monoisotopic (exact) mass is 389 g/mol. The second-order valence-electron chi connectivity index (χ2n) is 8.40. The van der Waals surface area contributed by atoms with Crippen molar-refractivity contribution in [1.29, 1.82) is 0 Å². The highest BCUT2D eigenvalue weighted by molar-refractivity contribution is 5.70. The molecule has 8 heteroatoms. The van der Waals surface area contributed by atoms with E-state index < -0.39 is 46.9 Å². The van der Waals surface area contributed by atoms with Gasteiger partial charge in [-0.3, -0.25) is 0 Å². The minimum absolute atomic E-state index is 0.0268. The first kappa shape index (κ1) is 19.9. The van der Waals surface area contributed by atoms with Crippen molar-refractivity contribution in [1.82, 2.24) is 4.90 Å². The summed E-state index contributed by atoms with van der Waals surface area (Å²) in [5.41, 5.74) is -3.81. The first-order valence-electron chi connectivity index (χ1n) is 8.91. The summed E-state index contributed by atoms with van der Waals surface area (Å²) in [6, 6.07) is 1.26. The van der Waals surface area contributed by atoms with Gasteiger partial charge in [-0.25, -0.2) is 9.18 Å². The SMILES string of the molecule is CC(C)(C)OC(=O)N1C2CCC1CC(O)(c1cc(C(F)(F)F)ccc1F)C2. The molecule has 1 aromatic carbocycles. The van der Waals surface area contributed by atoms with Gasteiger partial charge in [-0.15, -0.1) is 0 Å². The van der Waals surface area contributed by atoms with E-state index in [0.29, 0.717) is 25.0 Å². The van der Waals surface area contributed by atoms with E-state index in [0.717, 1.165) is 6.07 Å². The third-order valence-corrected chi connectivity index (χ3v) is 5.17. The van der Waals surface area contributed by atoms with E-state index in [-0.39, 0.29) is 18.4 Å². The molecule has 0 aliphatic carbocycles. The molecule has 2 saturated heterocycles. The van der Waals surface area contributed by atoms with E-state index in [1.54, 1.807) is 25.7 Å². The molecule has 2 aliphatic heterocycles. The highest BCUT2D eigenvalue weighted by Gasteiger charge is 2.52. The number of ether oxygens (including phenoxy) is 1. The minimum Gasteiger partial charge on any atom is -0.444 e. The lowest BCUT2D eigenvalue weighted by atomic mass is 9.80. The van der Waals surface area contributed by atoms with Gasteiger partial charge in [0.05, 0.1) is 11.2 Å². The molecule has 2 atom stereocenters. The van der Waals surface area contributed by atoms with Crippen LogP contribution in [0.25, 0.3) is 0 Å². The Labute approximate surface area is 155 Å². The topological polar surface area (TPSA) is 49.8 Å². The molecule has 2 heterocycles. The molecule has 0 spiro atoms. The Kier molecular flexibility index (Phi) is 4.69. The maximum atomic E-state index is 14.3. The summed E-state index contributed by atoms with van der Waals surface area (Å²) in [6.45, 7) is 5.22. The lowest BCUT2D eigenvalue weighted by Crippen LogP contribution is -2.53. The fourth-order valence-corrected chi connectivity index (χ4v) is 4.12. The second-order valence-corrected chi connectivity index (χ2v) is 8.40. The molecule has 1 N–H and O–H groups in total. The van der Waals surface area contributed by atoms with E-state index in [4.69, 9.17) is 4.74 Å². The molecule has 1 amide bonds. The zero-order chi connectivity index (χ0) is 20.2. The van der Waals surface area contributed by atoms with Gasteiger partial charge < -0.3 is 14.7 Å². The van der Waals surface area contributed by atoms with Crippen LogP contribution < -0.4 is 0 Å². The summed E-state index contributed by atoms with van der Waals surface area (Å²) in [7, 11) is 0. The number of halogens is 4. The van der Waals surface area contributed by atoms with Crippen molar-refractivity contribution in [3.63, 3.8) is 0 Å². The molecule has 0 aromatic heterocycles. The summed E-state index contributed by atoms with van der Waals surface area (Å²) < 4.78 is 58.7. The van der Waals surface area contributed by atoms with Crippen LogP contribution in [0.1, 0.15) is 57.6 Å². The number of benzene rings is 1. The van der Waals surface area contributed by atoms with Crippen molar-refractivity contribution >= 4 is 6.09 Å². The second kappa shape index (κ2) is 6.36. The lowest BCUT2D eigenvalue weighted by molar-refractivity contribution is -0.137. The van der Waals surface area contributed by atoms with Gasteiger partial charge in [-0.1, -0.05) is 0 Å². The first-order chi connectivity index (χ1) is 12.3. The van der Waals surface area contributed by atoms with E-state index in [9.17, 15) is 27.5 Å². The van der Waals surface area contributed by atoms with E-state index >= 15 is 0 Å². The Morgan fingerprint density at radius 3 is 2.22 bits per heavy atom. The number of carbonyl (C=O) groups excluding carboxylic acids is 1. The molecular weight excluding hydrogens is 366 g/mol. The predicted octanol–water partition coefficient (Wildman–Crippen LogP) is 4.59. The molecule has 2 bridgehead atoms. The van der Waals surface area contributed by atoms with Crippen LogP contribution >= 0.6 is 0 Å². The van der Waals surface area contributed by atoms with Gasteiger partial charge in [0.25, 0.3) is 0 Å². The molecule has 2 unspecified atom stereocenters. The number of aliphatic hydroxyl groups is 1. The Hall–Kier alpha value is -1.83. The molecule has 3 rings (SSSR count). The lowest BCUT2D eigenvalue weighted by Gasteiger charge is -2.44. The maximum absolute atomic E-state index is 14.3. The summed E-state index contributed by atoms with van der Waals surface area (Å²) in [6.07, 6.45) is -4.02. The summed E-state index contributed by atoms with van der Waals surface area (Å²) in [5.74, 6) is -0.879. The van der Waals surface area contributed by atoms with Crippen LogP contribution in [-0.4, -0.2) is 33.8 Å². The van der Waals surface area contributed by atoms with Crippen molar-refractivity contribution in [3.8, 4) is 0 Å². The molecular formula is C19H23F4NO3. The zero-order valence-electron chi connectivity index (χ0n) is 15.4. The quantitative estimate of drug-likeness (QED) is 0.715. The van der Waals surface area contributed by atoms with Crippen LogP contribution in [0, 0.1) is 5.82 Å². The summed E-state index contributed by atoms with van der Waals surface area (Å²) in [4.78, 5) is 14.0. The van der Waals surface area contributed by atoms with Crippen molar-refractivity contribution in [2.75, 3.05) is 0 Å². The Balaban J connectivity index is 1.88. The molecule has 1 aromatic rings. The van der Waals surface area contributed by atoms with Crippen LogP contribution in [0.3, 0.4) is 0 Å². The van der Waals surface area contributed by atoms with Crippen molar-refractivity contribution in [3.05, 3.63) is 35.1 Å². The van der Waals surface area contributed by atoms with Crippen molar-refractivity contribution in [2.45, 2.75) is 75.9 Å². The highest BCUT2D eigenvalue weighted by atomic mass is 19.4. The van der Waals surface area contributed by atoms with Crippen LogP contribution in [0.2, 0.25) is 0 Å². The average Bonchev–Trinajstić information content (AvgIpc) is 2.77. The van der Waals surface area contributed by atoms with Gasteiger partial charge in [0, 0.05) is 30.5 Å². The fraction of sp³-hybridized carbons (Fsp3) is 0.632. The van der Waals surface area contributed by atoms with Gasteiger partial charge in [0.15, 0.2) is 0 Å². The van der Waals surface area contributed by atoms with E-state index in [1.165, 1.54) is 0 Å². The number of fused-ring (bicyclic) bond motifs is 2. The van der Waals surface area contributed by atoms with Crippen molar-refractivity contribution < 1.29 is 32.2 Å². The van der Waals surface area contributed by atoms with Gasteiger partial charge in [-0.05, 0) is 51.8 Å². The molecule has 27 heavy (non-hydrogen) atoms. The van der Waals surface area contributed by atoms with Crippen molar-refractivity contribution in [2.24, 2.45) is 0 Å². The minimum atomic E-state index is -4.63. The molecule has 2 fully saturated rings. The zero-order valence-corrected chi connectivity index (χ0v) is 15.4.